The number of carbonyl (C=O) groups excluding carboxylic acids is 2. The first-order valence-corrected chi connectivity index (χ1v) is 18.0. The van der Waals surface area contributed by atoms with E-state index in [9.17, 15) is 14.7 Å². The second-order valence-electron chi connectivity index (χ2n) is 12.4. The number of hydrogen-bond acceptors (Lipinski definition) is 5. The van der Waals surface area contributed by atoms with E-state index in [1.54, 1.807) is 0 Å². The fourth-order valence-corrected chi connectivity index (χ4v) is 6.86. The Hall–Kier alpha value is -1.44. The van der Waals surface area contributed by atoms with Gasteiger partial charge in [-0.25, -0.2) is 0 Å². The molecule has 0 radical (unpaired) electrons. The molecule has 0 aliphatic heterocycles. The third-order valence-corrected chi connectivity index (χ3v) is 8.79. The molecule has 2 aliphatic carbocycles. The van der Waals surface area contributed by atoms with Crippen molar-refractivity contribution in [2.24, 2.45) is 29.6 Å². The molecule has 212 valence electrons. The van der Waals surface area contributed by atoms with E-state index in [0.29, 0.717) is 31.2 Å². The molecule has 6 nitrogen and oxygen atoms in total. The van der Waals surface area contributed by atoms with Crippen molar-refractivity contribution in [2.75, 3.05) is 6.54 Å². The molecule has 1 amide bonds. The Morgan fingerprint density at radius 3 is 2.54 bits per heavy atom. The lowest BCUT2D eigenvalue weighted by atomic mass is 9.65. The summed E-state index contributed by atoms with van der Waals surface area (Å²) in [5.41, 5.74) is 1.27. The summed E-state index contributed by atoms with van der Waals surface area (Å²) >= 11 is 0. The van der Waals surface area contributed by atoms with E-state index in [4.69, 9.17) is 9.16 Å². The van der Waals surface area contributed by atoms with E-state index in [1.807, 2.05) is 20.8 Å². The highest BCUT2D eigenvalue weighted by Crippen LogP contribution is 2.45. The molecule has 2 rings (SSSR count). The van der Waals surface area contributed by atoms with Gasteiger partial charge >= 0.3 is 5.97 Å². The van der Waals surface area contributed by atoms with Gasteiger partial charge in [-0.2, -0.15) is 0 Å². The smallest absolute Gasteiger partial charge is 0.308 e. The number of aliphatic hydroxyl groups excluding tert-OH is 1. The molecule has 0 aromatic carbocycles. The summed E-state index contributed by atoms with van der Waals surface area (Å²) in [4.78, 5) is 25.1. The minimum absolute atomic E-state index is 0.0135. The van der Waals surface area contributed by atoms with Gasteiger partial charge in [-0.1, -0.05) is 52.8 Å². The van der Waals surface area contributed by atoms with Gasteiger partial charge in [0.05, 0.1) is 24.5 Å². The average Bonchev–Trinajstić information content (AvgIpc) is 2.80. The number of amides is 1. The zero-order valence-electron chi connectivity index (χ0n) is 24.6. The predicted octanol–water partition coefficient (Wildman–Crippen LogP) is 6.02. The van der Waals surface area contributed by atoms with E-state index in [0.717, 1.165) is 25.7 Å². The van der Waals surface area contributed by atoms with E-state index in [-0.39, 0.29) is 48.3 Å². The number of aliphatic hydroxyl groups is 1. The lowest BCUT2D eigenvalue weighted by molar-refractivity contribution is -0.158. The molecule has 0 aromatic rings. The molecule has 8 atom stereocenters. The largest absolute Gasteiger partial charge is 0.461 e. The van der Waals surface area contributed by atoms with Crippen molar-refractivity contribution in [3.8, 4) is 0 Å². The molecule has 7 heteroatoms. The molecule has 2 aliphatic rings. The minimum atomic E-state index is -1.87. The first-order chi connectivity index (χ1) is 17.3. The van der Waals surface area contributed by atoms with Crippen molar-refractivity contribution in [1.82, 2.24) is 5.32 Å². The molecule has 0 bridgehead atoms. The fourth-order valence-electron chi connectivity index (χ4n) is 5.68. The third-order valence-electron chi connectivity index (χ3n) is 7.75. The Balaban J connectivity index is 2.09. The van der Waals surface area contributed by atoms with E-state index in [2.05, 4.69) is 57.0 Å². The number of hydrogen-bond donors (Lipinski definition) is 2. The van der Waals surface area contributed by atoms with Crippen LogP contribution in [0.15, 0.2) is 23.8 Å². The van der Waals surface area contributed by atoms with Crippen molar-refractivity contribution in [1.29, 1.82) is 0 Å². The molecular formula is C30H53NO5Si. The number of ether oxygens (including phenoxy) is 1. The highest BCUT2D eigenvalue weighted by molar-refractivity contribution is 6.69. The maximum absolute atomic E-state index is 12.7. The quantitative estimate of drug-likeness (QED) is 0.210. The van der Waals surface area contributed by atoms with E-state index >= 15 is 0 Å². The number of fused-ring (bicyclic) bond motifs is 1. The molecule has 0 heterocycles. The lowest BCUT2D eigenvalue weighted by Crippen LogP contribution is -2.42. The van der Waals surface area contributed by atoms with E-state index in [1.165, 1.54) is 5.57 Å². The van der Waals surface area contributed by atoms with Gasteiger partial charge in [0.25, 0.3) is 0 Å². The van der Waals surface area contributed by atoms with Crippen LogP contribution in [0.25, 0.3) is 0 Å². The van der Waals surface area contributed by atoms with Crippen LogP contribution in [-0.2, 0) is 18.8 Å². The normalized spacial score (nSPS) is 28.0. The van der Waals surface area contributed by atoms with Crippen LogP contribution >= 0.6 is 0 Å². The third kappa shape index (κ3) is 10.3. The molecule has 2 N–H and O–H groups in total. The van der Waals surface area contributed by atoms with Crippen LogP contribution in [0.5, 0.6) is 0 Å². The van der Waals surface area contributed by atoms with Gasteiger partial charge in [-0.3, -0.25) is 9.59 Å². The molecule has 8 unspecified atom stereocenters. The Morgan fingerprint density at radius 1 is 1.22 bits per heavy atom. The van der Waals surface area contributed by atoms with Crippen molar-refractivity contribution in [3.05, 3.63) is 23.8 Å². The van der Waals surface area contributed by atoms with Crippen LogP contribution in [-0.4, -0.2) is 50.2 Å². The Bertz CT molecular complexity index is 804. The van der Waals surface area contributed by atoms with Crippen LogP contribution in [0.1, 0.15) is 79.6 Å². The summed E-state index contributed by atoms with van der Waals surface area (Å²) in [6.45, 7) is 17.4. The predicted molar refractivity (Wildman–Crippen MR) is 152 cm³/mol. The SMILES string of the molecule is CCCNC(=O)CC(CC(O)CCC1C(C)C=CC2=CC(C)CC(OC(=O)C(C)CC)C21)O[Si](C)(C)C. The van der Waals surface area contributed by atoms with Gasteiger partial charge in [0, 0.05) is 12.5 Å². The summed E-state index contributed by atoms with van der Waals surface area (Å²) in [7, 11) is -1.87. The second kappa shape index (κ2) is 14.6. The van der Waals surface area contributed by atoms with Crippen molar-refractivity contribution >= 4 is 20.2 Å². The Kier molecular flexibility index (Phi) is 12.6. The van der Waals surface area contributed by atoms with Crippen LogP contribution in [0.4, 0.5) is 0 Å². The molecule has 37 heavy (non-hydrogen) atoms. The van der Waals surface area contributed by atoms with Crippen molar-refractivity contribution < 1.29 is 23.9 Å². The van der Waals surface area contributed by atoms with Gasteiger partial charge < -0.3 is 19.6 Å². The Labute approximate surface area is 226 Å². The van der Waals surface area contributed by atoms with Crippen LogP contribution in [0.3, 0.4) is 0 Å². The first-order valence-electron chi connectivity index (χ1n) is 14.6. The summed E-state index contributed by atoms with van der Waals surface area (Å²) in [6.07, 6.45) is 10.6. The number of rotatable bonds is 14. The molecule has 0 spiro atoms. The molecule has 0 aromatic heterocycles. The van der Waals surface area contributed by atoms with Crippen molar-refractivity contribution in [2.45, 2.75) is 118 Å². The monoisotopic (exact) mass is 535 g/mol. The molecule has 0 saturated heterocycles. The van der Waals surface area contributed by atoms with Gasteiger partial charge in [0.1, 0.15) is 6.10 Å². The van der Waals surface area contributed by atoms with Gasteiger partial charge in [-0.15, -0.1) is 0 Å². The van der Waals surface area contributed by atoms with Gasteiger partial charge in [0.2, 0.25) is 5.91 Å². The second-order valence-corrected chi connectivity index (χ2v) is 16.9. The number of nitrogens with one attached hydrogen (secondary N) is 1. The fraction of sp³-hybridized carbons (Fsp3) is 0.800. The highest BCUT2D eigenvalue weighted by Gasteiger charge is 2.41. The zero-order valence-corrected chi connectivity index (χ0v) is 25.6. The van der Waals surface area contributed by atoms with Gasteiger partial charge in [0.15, 0.2) is 8.32 Å². The number of carbonyl (C=O) groups is 2. The summed E-state index contributed by atoms with van der Waals surface area (Å²) in [5.74, 6) is 0.932. The maximum Gasteiger partial charge on any atom is 0.308 e. The average molecular weight is 536 g/mol. The summed E-state index contributed by atoms with van der Waals surface area (Å²) in [6, 6.07) is 0. The van der Waals surface area contributed by atoms with E-state index < -0.39 is 14.4 Å². The number of allylic oxidation sites excluding steroid dienone is 3. The summed E-state index contributed by atoms with van der Waals surface area (Å²) < 4.78 is 12.4. The lowest BCUT2D eigenvalue weighted by Gasteiger charge is -2.43. The highest BCUT2D eigenvalue weighted by atomic mass is 28.4. The van der Waals surface area contributed by atoms with Crippen LogP contribution in [0.2, 0.25) is 19.6 Å². The topological polar surface area (TPSA) is 84.9 Å². The van der Waals surface area contributed by atoms with Gasteiger partial charge in [-0.05, 0) is 81.5 Å². The molecule has 0 saturated carbocycles. The number of esters is 1. The Morgan fingerprint density at radius 2 is 1.92 bits per heavy atom. The standard InChI is InChI=1S/C30H53NO5Si/c1-9-15-31-28(33)19-25(36-37(6,7)8)18-24(32)13-14-26-22(5)11-12-23-16-20(3)17-27(29(23)26)35-30(34)21(4)10-2/h11-12,16,20-22,24-27,29,32H,9-10,13-15,17-19H2,1-8H3,(H,31,33). The maximum atomic E-state index is 12.7. The molecular weight excluding hydrogens is 482 g/mol. The minimum Gasteiger partial charge on any atom is -0.461 e. The molecule has 0 fully saturated rings. The summed E-state index contributed by atoms with van der Waals surface area (Å²) in [5, 5.41) is 14.0. The first kappa shape index (κ1) is 31.8. The zero-order chi connectivity index (χ0) is 27.8. The van der Waals surface area contributed by atoms with Crippen molar-refractivity contribution in [3.63, 3.8) is 0 Å². The van der Waals surface area contributed by atoms with Crippen LogP contribution in [0, 0.1) is 29.6 Å². The van der Waals surface area contributed by atoms with Crippen LogP contribution < -0.4 is 5.32 Å².